The molecule has 5 nitrogen and oxygen atoms in total. The average molecular weight is 198 g/mol. The molecule has 1 atom stereocenters. The summed E-state index contributed by atoms with van der Waals surface area (Å²) in [4.78, 5) is 23.2. The van der Waals surface area contributed by atoms with Crippen LogP contribution in [0.2, 0.25) is 0 Å². The number of aliphatic carboxylic acids is 1. The zero-order valence-corrected chi connectivity index (χ0v) is 7.90. The summed E-state index contributed by atoms with van der Waals surface area (Å²) in [6.07, 6.45) is 0.711. The zero-order chi connectivity index (χ0) is 10.7. The van der Waals surface area contributed by atoms with Gasteiger partial charge in [0.25, 0.3) is 0 Å². The molecule has 0 aromatic heterocycles. The summed E-state index contributed by atoms with van der Waals surface area (Å²) in [5.74, 6) is -1.45. The van der Waals surface area contributed by atoms with Gasteiger partial charge in [0.2, 0.25) is 5.91 Å². The van der Waals surface area contributed by atoms with Crippen LogP contribution in [0, 0.1) is 5.92 Å². The lowest BCUT2D eigenvalue weighted by molar-refractivity contribution is -0.132. The van der Waals surface area contributed by atoms with Gasteiger partial charge in [-0.15, -0.1) is 0 Å². The maximum atomic E-state index is 10.8. The first-order valence-corrected chi connectivity index (χ1v) is 4.43. The highest BCUT2D eigenvalue weighted by Gasteiger charge is 2.27. The van der Waals surface area contributed by atoms with E-state index in [-0.39, 0.29) is 17.4 Å². The second kappa shape index (κ2) is 4.23. The van der Waals surface area contributed by atoms with Crippen molar-refractivity contribution in [1.82, 2.24) is 4.90 Å². The Labute approximate surface area is 82.2 Å². The normalized spacial score (nSPS) is 22.1. The molecule has 0 spiro atoms. The number of carbonyl (C=O) groups is 2. The highest BCUT2D eigenvalue weighted by molar-refractivity contribution is 5.86. The van der Waals surface area contributed by atoms with Crippen molar-refractivity contribution in [2.45, 2.75) is 6.42 Å². The standard InChI is InChI=1S/C9H14N2O3/c1-6(9(13)14)4-11-3-2-7(5-11)8(10)12/h7H,1-5H2,(H2,10,12)(H,13,14). The first-order chi connectivity index (χ1) is 6.50. The Morgan fingerprint density at radius 3 is 2.64 bits per heavy atom. The van der Waals surface area contributed by atoms with Crippen molar-refractivity contribution in [3.8, 4) is 0 Å². The summed E-state index contributed by atoms with van der Waals surface area (Å²) >= 11 is 0. The number of carboxylic acid groups (broad SMARTS) is 1. The largest absolute Gasteiger partial charge is 0.478 e. The van der Waals surface area contributed by atoms with Crippen LogP contribution in [0.3, 0.4) is 0 Å². The fourth-order valence-electron chi connectivity index (χ4n) is 1.55. The smallest absolute Gasteiger partial charge is 0.332 e. The molecule has 1 heterocycles. The number of primary amides is 1. The fourth-order valence-corrected chi connectivity index (χ4v) is 1.55. The summed E-state index contributed by atoms with van der Waals surface area (Å²) < 4.78 is 0. The van der Waals surface area contributed by atoms with Crippen LogP contribution in [0.5, 0.6) is 0 Å². The summed E-state index contributed by atoms with van der Waals surface area (Å²) in [5, 5.41) is 8.60. The van der Waals surface area contributed by atoms with E-state index in [0.717, 1.165) is 0 Å². The Balaban J connectivity index is 2.40. The monoisotopic (exact) mass is 198 g/mol. The van der Waals surface area contributed by atoms with Crippen molar-refractivity contribution in [1.29, 1.82) is 0 Å². The Morgan fingerprint density at radius 2 is 2.21 bits per heavy atom. The Morgan fingerprint density at radius 1 is 1.57 bits per heavy atom. The van der Waals surface area contributed by atoms with Gasteiger partial charge < -0.3 is 10.8 Å². The van der Waals surface area contributed by atoms with E-state index in [1.807, 2.05) is 4.90 Å². The summed E-state index contributed by atoms with van der Waals surface area (Å²) in [6, 6.07) is 0. The van der Waals surface area contributed by atoms with Crippen molar-refractivity contribution in [3.63, 3.8) is 0 Å². The summed E-state index contributed by atoms with van der Waals surface area (Å²) in [5.41, 5.74) is 5.29. The van der Waals surface area contributed by atoms with Crippen molar-refractivity contribution in [2.75, 3.05) is 19.6 Å². The fraction of sp³-hybridized carbons (Fsp3) is 0.556. The van der Waals surface area contributed by atoms with Crippen LogP contribution >= 0.6 is 0 Å². The van der Waals surface area contributed by atoms with E-state index in [9.17, 15) is 9.59 Å². The molecule has 1 fully saturated rings. The van der Waals surface area contributed by atoms with Gasteiger partial charge in [-0.1, -0.05) is 6.58 Å². The lowest BCUT2D eigenvalue weighted by atomic mass is 10.1. The number of hydrogen-bond donors (Lipinski definition) is 2. The van der Waals surface area contributed by atoms with Crippen LogP contribution in [0.4, 0.5) is 0 Å². The minimum atomic E-state index is -0.993. The maximum absolute atomic E-state index is 10.8. The van der Waals surface area contributed by atoms with Gasteiger partial charge in [0, 0.05) is 18.7 Å². The van der Waals surface area contributed by atoms with Gasteiger partial charge in [0.05, 0.1) is 5.92 Å². The first-order valence-electron chi connectivity index (χ1n) is 4.43. The third kappa shape index (κ3) is 2.56. The van der Waals surface area contributed by atoms with Gasteiger partial charge in [-0.2, -0.15) is 0 Å². The van der Waals surface area contributed by atoms with Crippen molar-refractivity contribution >= 4 is 11.9 Å². The highest BCUT2D eigenvalue weighted by Crippen LogP contribution is 2.16. The molecule has 3 N–H and O–H groups in total. The molecule has 1 aliphatic rings. The molecule has 0 aliphatic carbocycles. The Hall–Kier alpha value is -1.36. The van der Waals surface area contributed by atoms with E-state index in [1.165, 1.54) is 0 Å². The van der Waals surface area contributed by atoms with E-state index in [0.29, 0.717) is 26.1 Å². The zero-order valence-electron chi connectivity index (χ0n) is 7.90. The number of carboxylic acids is 1. The molecule has 0 bridgehead atoms. The van der Waals surface area contributed by atoms with Crippen molar-refractivity contribution < 1.29 is 14.7 Å². The van der Waals surface area contributed by atoms with Gasteiger partial charge in [-0.05, 0) is 13.0 Å². The number of hydrogen-bond acceptors (Lipinski definition) is 3. The van der Waals surface area contributed by atoms with E-state index in [2.05, 4.69) is 6.58 Å². The topological polar surface area (TPSA) is 83.6 Å². The molecule has 0 aromatic rings. The third-order valence-electron chi connectivity index (χ3n) is 2.39. The molecule has 1 aliphatic heterocycles. The highest BCUT2D eigenvalue weighted by atomic mass is 16.4. The molecule has 1 unspecified atom stereocenters. The number of amides is 1. The molecule has 1 saturated heterocycles. The van der Waals surface area contributed by atoms with Crippen LogP contribution < -0.4 is 5.73 Å². The van der Waals surface area contributed by atoms with E-state index < -0.39 is 5.97 Å². The van der Waals surface area contributed by atoms with Gasteiger partial charge in [0.1, 0.15) is 0 Å². The Bertz CT molecular complexity index is 275. The lowest BCUT2D eigenvalue weighted by Crippen LogP contribution is -2.29. The Kier molecular flexibility index (Phi) is 3.24. The van der Waals surface area contributed by atoms with E-state index in [4.69, 9.17) is 10.8 Å². The average Bonchev–Trinajstić information content (AvgIpc) is 2.52. The first kappa shape index (κ1) is 10.7. The minimum absolute atomic E-state index is 0.142. The van der Waals surface area contributed by atoms with Crippen molar-refractivity contribution in [3.05, 3.63) is 12.2 Å². The van der Waals surface area contributed by atoms with Crippen LogP contribution in [0.15, 0.2) is 12.2 Å². The second-order valence-electron chi connectivity index (χ2n) is 3.53. The van der Waals surface area contributed by atoms with Crippen LogP contribution in [-0.2, 0) is 9.59 Å². The number of nitrogens with two attached hydrogens (primary N) is 1. The predicted octanol–water partition coefficient (Wildman–Crippen LogP) is -0.566. The minimum Gasteiger partial charge on any atom is -0.478 e. The van der Waals surface area contributed by atoms with Crippen LogP contribution in [0.25, 0.3) is 0 Å². The number of nitrogens with zero attached hydrogens (tertiary/aromatic N) is 1. The molecule has 5 heteroatoms. The lowest BCUT2D eigenvalue weighted by Gasteiger charge is -2.14. The van der Waals surface area contributed by atoms with Gasteiger partial charge in [-0.25, -0.2) is 4.79 Å². The van der Waals surface area contributed by atoms with E-state index >= 15 is 0 Å². The van der Waals surface area contributed by atoms with Gasteiger partial charge in [-0.3, -0.25) is 9.69 Å². The quantitative estimate of drug-likeness (QED) is 0.593. The molecule has 0 saturated carbocycles. The molecule has 0 aromatic carbocycles. The van der Waals surface area contributed by atoms with Gasteiger partial charge in [0.15, 0.2) is 0 Å². The predicted molar refractivity (Wildman–Crippen MR) is 50.5 cm³/mol. The SMILES string of the molecule is C=C(CN1CCC(C(N)=O)C1)C(=O)O. The molecule has 1 amide bonds. The molecule has 14 heavy (non-hydrogen) atoms. The molecular weight excluding hydrogens is 184 g/mol. The molecule has 0 radical (unpaired) electrons. The molecular formula is C9H14N2O3. The summed E-state index contributed by atoms with van der Waals surface area (Å²) in [6.45, 7) is 4.99. The maximum Gasteiger partial charge on any atom is 0.332 e. The molecule has 78 valence electrons. The summed E-state index contributed by atoms with van der Waals surface area (Å²) in [7, 11) is 0. The number of likely N-dealkylation sites (tertiary alicyclic amines) is 1. The molecule has 1 rings (SSSR count). The van der Waals surface area contributed by atoms with Crippen molar-refractivity contribution in [2.24, 2.45) is 11.7 Å². The number of rotatable bonds is 4. The van der Waals surface area contributed by atoms with Crippen LogP contribution in [-0.4, -0.2) is 41.5 Å². The van der Waals surface area contributed by atoms with E-state index in [1.54, 1.807) is 0 Å². The van der Waals surface area contributed by atoms with Crippen LogP contribution in [0.1, 0.15) is 6.42 Å². The van der Waals surface area contributed by atoms with Gasteiger partial charge >= 0.3 is 5.97 Å². The third-order valence-corrected chi connectivity index (χ3v) is 2.39. The second-order valence-corrected chi connectivity index (χ2v) is 3.53. The number of carbonyl (C=O) groups excluding carboxylic acids is 1.